The van der Waals surface area contributed by atoms with Gasteiger partial charge in [-0.25, -0.2) is 0 Å². The van der Waals surface area contributed by atoms with Gasteiger partial charge in [-0.05, 0) is 44.9 Å². The molecule has 0 bridgehead atoms. The van der Waals surface area contributed by atoms with E-state index in [0.717, 1.165) is 11.1 Å². The van der Waals surface area contributed by atoms with Gasteiger partial charge in [0.25, 0.3) is 0 Å². The number of rotatable bonds is 3. The molecule has 5 heteroatoms. The summed E-state index contributed by atoms with van der Waals surface area (Å²) in [7, 11) is -0.339. The first-order chi connectivity index (χ1) is 8.86. The first-order valence-corrected chi connectivity index (χ1v) is 6.92. The third kappa shape index (κ3) is 3.02. The van der Waals surface area contributed by atoms with E-state index in [0.29, 0.717) is 5.88 Å². The lowest BCUT2D eigenvalue weighted by Gasteiger charge is -2.32. The van der Waals surface area contributed by atoms with E-state index in [1.54, 1.807) is 12.4 Å². The maximum atomic E-state index is 5.90. The Balaban J connectivity index is 2.13. The highest BCUT2D eigenvalue weighted by Gasteiger charge is 2.49. The Morgan fingerprint density at radius 2 is 1.89 bits per heavy atom. The van der Waals surface area contributed by atoms with Gasteiger partial charge in [-0.15, -0.1) is 11.6 Å². The molecule has 3 nitrogen and oxygen atoms in total. The van der Waals surface area contributed by atoms with Gasteiger partial charge in [0, 0.05) is 18.3 Å². The zero-order chi connectivity index (χ0) is 14.1. The van der Waals surface area contributed by atoms with Crippen molar-refractivity contribution in [2.24, 2.45) is 0 Å². The zero-order valence-corrected chi connectivity index (χ0v) is 12.6. The molecule has 1 saturated heterocycles. The molecule has 0 spiro atoms. The predicted molar refractivity (Wildman–Crippen MR) is 78.9 cm³/mol. The normalized spacial score (nSPS) is 21.2. The van der Waals surface area contributed by atoms with Gasteiger partial charge in [0.1, 0.15) is 0 Å². The molecular weight excluding hydrogens is 260 g/mol. The van der Waals surface area contributed by atoms with Crippen LogP contribution in [-0.4, -0.2) is 23.3 Å². The Bertz CT molecular complexity index is 472. The summed E-state index contributed by atoms with van der Waals surface area (Å²) in [6.45, 7) is 8.15. The van der Waals surface area contributed by atoms with E-state index in [4.69, 9.17) is 20.9 Å². The number of nitrogens with zero attached hydrogens (tertiary/aromatic N) is 1. The van der Waals surface area contributed by atoms with Gasteiger partial charge in [0.05, 0.1) is 11.2 Å². The van der Waals surface area contributed by atoms with E-state index in [1.165, 1.54) is 0 Å². The number of pyridine rings is 1. The fraction of sp³-hybridized carbons (Fsp3) is 0.500. The minimum absolute atomic E-state index is 0.313. The lowest BCUT2D eigenvalue weighted by Crippen LogP contribution is -2.41. The van der Waals surface area contributed by atoms with E-state index in [2.05, 4.69) is 4.98 Å². The topological polar surface area (TPSA) is 31.4 Å². The molecule has 1 aromatic heterocycles. The molecule has 0 unspecified atom stereocenters. The third-order valence-corrected chi connectivity index (χ3v) is 4.08. The van der Waals surface area contributed by atoms with Crippen molar-refractivity contribution in [2.45, 2.75) is 44.8 Å². The molecule has 0 aliphatic carbocycles. The SMILES string of the molecule is CC1(C)OB(/C=C/c2cnccc2CCl)OC1(C)C. The second-order valence-electron chi connectivity index (χ2n) is 5.69. The molecule has 0 atom stereocenters. The molecule has 0 radical (unpaired) electrons. The van der Waals surface area contributed by atoms with E-state index in [1.807, 2.05) is 45.8 Å². The first-order valence-electron chi connectivity index (χ1n) is 6.38. The monoisotopic (exact) mass is 279 g/mol. The minimum atomic E-state index is -0.339. The molecule has 1 aliphatic heterocycles. The van der Waals surface area contributed by atoms with Crippen molar-refractivity contribution in [3.05, 3.63) is 35.6 Å². The highest BCUT2D eigenvalue weighted by Crippen LogP contribution is 2.37. The summed E-state index contributed by atoms with van der Waals surface area (Å²) in [5.41, 5.74) is 1.41. The molecule has 1 fully saturated rings. The molecule has 0 aromatic carbocycles. The second-order valence-corrected chi connectivity index (χ2v) is 5.96. The number of hydrogen-bond acceptors (Lipinski definition) is 3. The van der Waals surface area contributed by atoms with Crippen molar-refractivity contribution >= 4 is 24.8 Å². The van der Waals surface area contributed by atoms with Crippen LogP contribution in [0.3, 0.4) is 0 Å². The number of hydrogen-bond donors (Lipinski definition) is 0. The van der Waals surface area contributed by atoms with E-state index in [-0.39, 0.29) is 18.3 Å². The van der Waals surface area contributed by atoms with Crippen molar-refractivity contribution in [3.8, 4) is 0 Å². The van der Waals surface area contributed by atoms with E-state index in [9.17, 15) is 0 Å². The van der Waals surface area contributed by atoms with Crippen LogP contribution in [0.25, 0.3) is 6.08 Å². The van der Waals surface area contributed by atoms with Gasteiger partial charge in [-0.2, -0.15) is 0 Å². The smallest absolute Gasteiger partial charge is 0.400 e. The van der Waals surface area contributed by atoms with Crippen molar-refractivity contribution < 1.29 is 9.31 Å². The Kier molecular flexibility index (Phi) is 4.04. The van der Waals surface area contributed by atoms with Crippen LogP contribution in [0.2, 0.25) is 0 Å². The van der Waals surface area contributed by atoms with Crippen molar-refractivity contribution in [2.75, 3.05) is 0 Å². The van der Waals surface area contributed by atoms with Crippen LogP contribution in [0.15, 0.2) is 24.4 Å². The Morgan fingerprint density at radius 1 is 1.26 bits per heavy atom. The summed E-state index contributed by atoms with van der Waals surface area (Å²) in [4.78, 5) is 4.10. The standard InChI is InChI=1S/C14H19BClNO2/c1-13(2)14(3,4)19-15(18-13)7-5-12-10-17-8-6-11(12)9-16/h5-8,10H,9H2,1-4H3/b7-5+. The molecule has 1 aromatic rings. The van der Waals surface area contributed by atoms with E-state index < -0.39 is 0 Å². The highest BCUT2D eigenvalue weighted by atomic mass is 35.5. The van der Waals surface area contributed by atoms with Crippen LogP contribution in [-0.2, 0) is 15.2 Å². The van der Waals surface area contributed by atoms with Crippen LogP contribution in [0.1, 0.15) is 38.8 Å². The summed E-state index contributed by atoms with van der Waals surface area (Å²) in [6, 6.07) is 1.91. The molecule has 102 valence electrons. The van der Waals surface area contributed by atoms with Gasteiger partial charge < -0.3 is 9.31 Å². The first kappa shape index (κ1) is 14.6. The summed E-state index contributed by atoms with van der Waals surface area (Å²) in [5, 5.41) is 0. The van der Waals surface area contributed by atoms with Gasteiger partial charge >= 0.3 is 7.12 Å². The molecule has 0 N–H and O–H groups in total. The van der Waals surface area contributed by atoms with Crippen LogP contribution < -0.4 is 0 Å². The molecule has 1 aliphatic rings. The average molecular weight is 280 g/mol. The Hall–Kier alpha value is -0.835. The van der Waals surface area contributed by atoms with Crippen molar-refractivity contribution in [1.29, 1.82) is 0 Å². The largest absolute Gasteiger partial charge is 0.487 e. The van der Waals surface area contributed by atoms with Crippen molar-refractivity contribution in [3.63, 3.8) is 0 Å². The fourth-order valence-corrected chi connectivity index (χ4v) is 2.10. The van der Waals surface area contributed by atoms with Crippen LogP contribution in [0.4, 0.5) is 0 Å². The van der Waals surface area contributed by atoms with Crippen LogP contribution in [0.5, 0.6) is 0 Å². The fourth-order valence-electron chi connectivity index (χ4n) is 1.86. The molecule has 2 rings (SSSR count). The van der Waals surface area contributed by atoms with Gasteiger partial charge in [0.2, 0.25) is 0 Å². The van der Waals surface area contributed by atoms with Gasteiger partial charge in [-0.3, -0.25) is 4.98 Å². The lowest BCUT2D eigenvalue weighted by molar-refractivity contribution is 0.00578. The number of alkyl halides is 1. The highest BCUT2D eigenvalue weighted by molar-refractivity contribution is 6.52. The Labute approximate surface area is 120 Å². The zero-order valence-electron chi connectivity index (χ0n) is 11.8. The maximum Gasteiger partial charge on any atom is 0.487 e. The predicted octanol–water partition coefficient (Wildman–Crippen LogP) is 3.47. The third-order valence-electron chi connectivity index (χ3n) is 3.79. The molecule has 0 saturated carbocycles. The van der Waals surface area contributed by atoms with E-state index >= 15 is 0 Å². The molecule has 19 heavy (non-hydrogen) atoms. The second kappa shape index (κ2) is 5.27. The van der Waals surface area contributed by atoms with Crippen LogP contribution >= 0.6 is 11.6 Å². The van der Waals surface area contributed by atoms with Gasteiger partial charge in [-0.1, -0.05) is 12.1 Å². The molecule has 0 amide bonds. The summed E-state index contributed by atoms with van der Waals surface area (Å²) in [5.74, 6) is 2.37. The van der Waals surface area contributed by atoms with Crippen molar-refractivity contribution in [1.82, 2.24) is 4.98 Å². The quantitative estimate of drug-likeness (QED) is 0.627. The summed E-state index contributed by atoms with van der Waals surface area (Å²) in [6.07, 6.45) is 5.48. The maximum absolute atomic E-state index is 5.90. The van der Waals surface area contributed by atoms with Crippen LogP contribution in [0, 0.1) is 0 Å². The summed E-state index contributed by atoms with van der Waals surface area (Å²) >= 11 is 5.89. The molecular formula is C14H19BClNO2. The molecule has 2 heterocycles. The minimum Gasteiger partial charge on any atom is -0.400 e. The summed E-state index contributed by atoms with van der Waals surface area (Å²) < 4.78 is 11.8. The average Bonchev–Trinajstić information content (AvgIpc) is 2.55. The number of halogens is 1. The Morgan fingerprint density at radius 3 is 2.47 bits per heavy atom. The lowest BCUT2D eigenvalue weighted by atomic mass is 9.89. The van der Waals surface area contributed by atoms with Gasteiger partial charge in [0.15, 0.2) is 0 Å². The number of aromatic nitrogens is 1.